The summed E-state index contributed by atoms with van der Waals surface area (Å²) in [5.74, 6) is -0.400. The van der Waals surface area contributed by atoms with E-state index in [1.54, 1.807) is 38.7 Å². The first-order chi connectivity index (χ1) is 18.6. The molecule has 0 saturated carbocycles. The SMILES string of the molecule is [C-]#[N+]c1cc(C(=O)N2Cc3c(nn4c3C(=O)N([C@H](C)c3ccc(OC(F)F)cc3)C[C@H]4C)C[C@H]2C)ccc1Cl. The summed E-state index contributed by atoms with van der Waals surface area (Å²) in [5, 5.41) is 5.05. The first kappa shape index (κ1) is 26.6. The van der Waals surface area contributed by atoms with E-state index in [9.17, 15) is 18.4 Å². The molecule has 39 heavy (non-hydrogen) atoms. The van der Waals surface area contributed by atoms with Crippen LogP contribution in [-0.4, -0.2) is 50.6 Å². The zero-order valence-electron chi connectivity index (χ0n) is 21.6. The van der Waals surface area contributed by atoms with E-state index in [4.69, 9.17) is 23.3 Å². The molecule has 0 radical (unpaired) electrons. The van der Waals surface area contributed by atoms with E-state index in [1.165, 1.54) is 18.2 Å². The lowest BCUT2D eigenvalue weighted by atomic mass is 9.96. The van der Waals surface area contributed by atoms with Crippen molar-refractivity contribution in [1.82, 2.24) is 19.6 Å². The van der Waals surface area contributed by atoms with Crippen molar-refractivity contribution in [2.75, 3.05) is 6.54 Å². The number of rotatable bonds is 5. The van der Waals surface area contributed by atoms with Gasteiger partial charge in [-0.2, -0.15) is 13.9 Å². The molecule has 3 aromatic rings. The van der Waals surface area contributed by atoms with Gasteiger partial charge in [-0.15, -0.1) is 0 Å². The lowest BCUT2D eigenvalue weighted by molar-refractivity contribution is -0.0498. The van der Waals surface area contributed by atoms with E-state index in [0.29, 0.717) is 24.2 Å². The molecule has 2 amide bonds. The van der Waals surface area contributed by atoms with Gasteiger partial charge in [-0.05, 0) is 44.5 Å². The van der Waals surface area contributed by atoms with Gasteiger partial charge in [0.25, 0.3) is 11.8 Å². The van der Waals surface area contributed by atoms with Crippen molar-refractivity contribution in [1.29, 1.82) is 0 Å². The predicted octanol–water partition coefficient (Wildman–Crippen LogP) is 6.05. The second-order valence-electron chi connectivity index (χ2n) is 9.91. The maximum absolute atomic E-state index is 13.9. The number of ether oxygens (including phenoxy) is 1. The molecular weight excluding hydrogens is 528 g/mol. The minimum Gasteiger partial charge on any atom is -0.435 e. The molecule has 1 aromatic heterocycles. The molecule has 5 rings (SSSR count). The molecule has 0 saturated heterocycles. The Hall–Kier alpha value is -3.97. The van der Waals surface area contributed by atoms with Gasteiger partial charge in [0, 0.05) is 35.2 Å². The Morgan fingerprint density at radius 1 is 1.18 bits per heavy atom. The number of hydrogen-bond acceptors (Lipinski definition) is 4. The molecule has 2 aromatic carbocycles. The Balaban J connectivity index is 1.43. The monoisotopic (exact) mass is 553 g/mol. The van der Waals surface area contributed by atoms with Gasteiger partial charge in [0.1, 0.15) is 11.4 Å². The van der Waals surface area contributed by atoms with Crippen molar-refractivity contribution in [2.24, 2.45) is 0 Å². The van der Waals surface area contributed by atoms with Crippen molar-refractivity contribution in [3.63, 3.8) is 0 Å². The molecule has 0 aliphatic carbocycles. The first-order valence-corrected chi connectivity index (χ1v) is 12.9. The van der Waals surface area contributed by atoms with Crippen LogP contribution in [0.15, 0.2) is 42.5 Å². The lowest BCUT2D eigenvalue weighted by Crippen LogP contribution is -2.45. The summed E-state index contributed by atoms with van der Waals surface area (Å²) >= 11 is 6.06. The van der Waals surface area contributed by atoms with Crippen LogP contribution in [0.3, 0.4) is 0 Å². The summed E-state index contributed by atoms with van der Waals surface area (Å²) in [6.45, 7) is 10.8. The summed E-state index contributed by atoms with van der Waals surface area (Å²) in [5.41, 5.74) is 3.31. The minimum atomic E-state index is -2.91. The number of benzene rings is 2. The first-order valence-electron chi connectivity index (χ1n) is 12.5. The molecule has 8 nitrogen and oxygen atoms in total. The summed E-state index contributed by atoms with van der Waals surface area (Å²) in [4.78, 5) is 34.2. The van der Waals surface area contributed by atoms with Crippen LogP contribution in [-0.2, 0) is 13.0 Å². The highest BCUT2D eigenvalue weighted by Crippen LogP contribution is 2.36. The molecule has 0 bridgehead atoms. The van der Waals surface area contributed by atoms with Crippen LogP contribution in [0.25, 0.3) is 4.85 Å². The topological polar surface area (TPSA) is 72.0 Å². The third-order valence-electron chi connectivity index (χ3n) is 7.41. The number of carbonyl (C=O) groups is 2. The van der Waals surface area contributed by atoms with Crippen LogP contribution in [0.4, 0.5) is 14.5 Å². The fraction of sp³-hybridized carbons (Fsp3) is 0.357. The standard InChI is InChI=1S/C28H26ClF2N5O3/c1-15-11-23-21(14-34(15)26(37)19-7-10-22(29)24(12-19)32-4)25-27(38)35(13-16(2)36(25)33-23)17(3)18-5-8-20(9-6-18)39-28(30)31/h5-10,12,15-17,28H,11,13-14H2,1-3H3/t15-,16-,17-/m1/s1. The van der Waals surface area contributed by atoms with Gasteiger partial charge in [0.2, 0.25) is 5.69 Å². The number of nitrogens with zero attached hydrogens (tertiary/aromatic N) is 5. The minimum absolute atomic E-state index is 0.0505. The Morgan fingerprint density at radius 2 is 1.90 bits per heavy atom. The maximum Gasteiger partial charge on any atom is 0.387 e. The number of hydrogen-bond donors (Lipinski definition) is 0. The van der Waals surface area contributed by atoms with E-state index in [0.717, 1.165) is 16.8 Å². The highest BCUT2D eigenvalue weighted by molar-refractivity contribution is 6.33. The second-order valence-corrected chi connectivity index (χ2v) is 10.3. The summed E-state index contributed by atoms with van der Waals surface area (Å²) in [6.07, 6.45) is 0.492. The number of aromatic nitrogens is 2. The van der Waals surface area contributed by atoms with Gasteiger partial charge in [-0.25, -0.2) is 4.85 Å². The number of fused-ring (bicyclic) bond motifs is 3. The van der Waals surface area contributed by atoms with E-state index >= 15 is 0 Å². The maximum atomic E-state index is 13.9. The summed E-state index contributed by atoms with van der Waals surface area (Å²) < 4.78 is 31.3. The zero-order valence-corrected chi connectivity index (χ0v) is 22.3. The smallest absolute Gasteiger partial charge is 0.387 e. The fourth-order valence-corrected chi connectivity index (χ4v) is 5.46. The van der Waals surface area contributed by atoms with E-state index in [1.807, 2.05) is 20.8 Å². The predicted molar refractivity (Wildman–Crippen MR) is 140 cm³/mol. The van der Waals surface area contributed by atoms with Crippen molar-refractivity contribution in [3.05, 3.63) is 87.0 Å². The van der Waals surface area contributed by atoms with E-state index in [2.05, 4.69) is 9.58 Å². The van der Waals surface area contributed by atoms with Crippen LogP contribution in [0, 0.1) is 6.57 Å². The van der Waals surface area contributed by atoms with Crippen LogP contribution < -0.4 is 4.74 Å². The number of halogens is 3. The number of carbonyl (C=O) groups excluding carboxylic acids is 2. The molecule has 2 aliphatic heterocycles. The molecule has 0 fully saturated rings. The van der Waals surface area contributed by atoms with Gasteiger partial charge in [0.15, 0.2) is 0 Å². The van der Waals surface area contributed by atoms with Crippen molar-refractivity contribution < 1.29 is 23.1 Å². The van der Waals surface area contributed by atoms with Crippen molar-refractivity contribution in [2.45, 2.75) is 58.5 Å². The van der Waals surface area contributed by atoms with Crippen LogP contribution in [0.2, 0.25) is 5.02 Å². The number of alkyl halides is 2. The average molecular weight is 554 g/mol. The normalized spacial score (nSPS) is 19.4. The Kier molecular flexibility index (Phi) is 7.03. The molecule has 0 N–H and O–H groups in total. The summed E-state index contributed by atoms with van der Waals surface area (Å²) in [6, 6.07) is 10.3. The second kappa shape index (κ2) is 10.3. The average Bonchev–Trinajstić information content (AvgIpc) is 3.29. The Bertz CT molecular complexity index is 1480. The van der Waals surface area contributed by atoms with Gasteiger partial charge in [-0.1, -0.05) is 35.9 Å². The number of amides is 2. The molecule has 11 heteroatoms. The van der Waals surface area contributed by atoms with Crippen LogP contribution in [0.5, 0.6) is 5.75 Å². The molecule has 0 spiro atoms. The van der Waals surface area contributed by atoms with Crippen LogP contribution in [0.1, 0.15) is 70.5 Å². The van der Waals surface area contributed by atoms with Gasteiger partial charge in [-0.3, -0.25) is 14.3 Å². The zero-order chi connectivity index (χ0) is 28.0. The Labute approximate surface area is 229 Å². The van der Waals surface area contributed by atoms with Crippen LogP contribution >= 0.6 is 11.6 Å². The van der Waals surface area contributed by atoms with Gasteiger partial charge in [0.05, 0.1) is 30.9 Å². The molecule has 3 atom stereocenters. The Morgan fingerprint density at radius 3 is 2.56 bits per heavy atom. The van der Waals surface area contributed by atoms with Crippen molar-refractivity contribution >= 4 is 29.1 Å². The summed E-state index contributed by atoms with van der Waals surface area (Å²) in [7, 11) is 0. The molecule has 3 heterocycles. The molecule has 0 unspecified atom stereocenters. The third-order valence-corrected chi connectivity index (χ3v) is 7.73. The lowest BCUT2D eigenvalue weighted by Gasteiger charge is -2.37. The highest BCUT2D eigenvalue weighted by atomic mass is 35.5. The van der Waals surface area contributed by atoms with E-state index in [-0.39, 0.29) is 52.9 Å². The largest absolute Gasteiger partial charge is 0.435 e. The molecule has 2 aliphatic rings. The van der Waals surface area contributed by atoms with Gasteiger partial charge >= 0.3 is 6.61 Å². The van der Waals surface area contributed by atoms with Crippen molar-refractivity contribution in [3.8, 4) is 5.75 Å². The quantitative estimate of drug-likeness (QED) is 0.360. The van der Waals surface area contributed by atoms with E-state index < -0.39 is 6.61 Å². The molecule has 202 valence electrons. The fourth-order valence-electron chi connectivity index (χ4n) is 5.30. The highest BCUT2D eigenvalue weighted by Gasteiger charge is 2.40. The van der Waals surface area contributed by atoms with Gasteiger partial charge < -0.3 is 14.5 Å². The third kappa shape index (κ3) is 4.83. The molecular formula is C28H26ClF2N5O3.